The monoisotopic (exact) mass is 198 g/mol. The van der Waals surface area contributed by atoms with Crippen molar-refractivity contribution in [2.45, 2.75) is 18.9 Å². The highest BCUT2D eigenvalue weighted by molar-refractivity contribution is 7.07. The molecule has 0 amide bonds. The quantitative estimate of drug-likeness (QED) is 0.795. The smallest absolute Gasteiger partial charge is 0.0338 e. The summed E-state index contributed by atoms with van der Waals surface area (Å²) in [5, 5.41) is 4.30. The van der Waals surface area contributed by atoms with Gasteiger partial charge in [-0.25, -0.2) is 0 Å². The van der Waals surface area contributed by atoms with E-state index in [0.29, 0.717) is 6.54 Å². The van der Waals surface area contributed by atoms with Gasteiger partial charge in [0.2, 0.25) is 0 Å². The Morgan fingerprint density at radius 3 is 2.62 bits per heavy atom. The Morgan fingerprint density at radius 1 is 1.54 bits per heavy atom. The maximum absolute atomic E-state index is 5.79. The average molecular weight is 198 g/mol. The second-order valence-electron chi connectivity index (χ2n) is 3.90. The molecule has 1 heterocycles. The number of nitrogens with zero attached hydrogens (tertiary/aromatic N) is 1. The standard InChI is InChI=1S/C10H18N2S/c1-10(8-11,12(2)3)6-9-4-5-13-7-9/h4-5,7H,6,8,11H2,1-3H3. The lowest BCUT2D eigenvalue weighted by Crippen LogP contribution is -2.49. The van der Waals surface area contributed by atoms with Crippen molar-refractivity contribution in [3.63, 3.8) is 0 Å². The second kappa shape index (κ2) is 4.22. The Labute approximate surface area is 84.4 Å². The van der Waals surface area contributed by atoms with Gasteiger partial charge in [-0.1, -0.05) is 0 Å². The number of hydrogen-bond acceptors (Lipinski definition) is 3. The first-order valence-corrected chi connectivity index (χ1v) is 5.41. The Kier molecular flexibility index (Phi) is 3.47. The SMILES string of the molecule is CN(C)C(C)(CN)Cc1ccsc1. The molecule has 0 aliphatic rings. The van der Waals surface area contributed by atoms with Crippen molar-refractivity contribution in [1.82, 2.24) is 4.90 Å². The molecule has 2 N–H and O–H groups in total. The van der Waals surface area contributed by atoms with E-state index in [2.05, 4.69) is 42.7 Å². The van der Waals surface area contributed by atoms with Gasteiger partial charge in [0.25, 0.3) is 0 Å². The van der Waals surface area contributed by atoms with E-state index in [0.717, 1.165) is 6.42 Å². The van der Waals surface area contributed by atoms with Gasteiger partial charge in [0, 0.05) is 12.1 Å². The summed E-state index contributed by atoms with van der Waals surface area (Å²) in [6.07, 6.45) is 1.03. The fraction of sp³-hybridized carbons (Fsp3) is 0.600. The van der Waals surface area contributed by atoms with Gasteiger partial charge in [-0.05, 0) is 49.8 Å². The number of likely N-dealkylation sites (N-methyl/N-ethyl adjacent to an activating group) is 1. The third-order valence-corrected chi connectivity index (χ3v) is 3.42. The molecule has 0 aromatic carbocycles. The average Bonchev–Trinajstić information content (AvgIpc) is 2.56. The minimum absolute atomic E-state index is 0.0844. The summed E-state index contributed by atoms with van der Waals surface area (Å²) < 4.78 is 0. The summed E-state index contributed by atoms with van der Waals surface area (Å²) in [5.74, 6) is 0. The third kappa shape index (κ3) is 2.53. The molecule has 2 nitrogen and oxygen atoms in total. The lowest BCUT2D eigenvalue weighted by atomic mass is 9.93. The van der Waals surface area contributed by atoms with Crippen LogP contribution in [-0.2, 0) is 6.42 Å². The van der Waals surface area contributed by atoms with Gasteiger partial charge in [0.05, 0.1) is 0 Å². The highest BCUT2D eigenvalue weighted by Gasteiger charge is 2.25. The summed E-state index contributed by atoms with van der Waals surface area (Å²) in [4.78, 5) is 2.20. The van der Waals surface area contributed by atoms with Crippen molar-refractivity contribution in [2.24, 2.45) is 5.73 Å². The first kappa shape index (κ1) is 10.7. The predicted molar refractivity (Wildman–Crippen MR) is 59.2 cm³/mol. The maximum atomic E-state index is 5.79. The summed E-state index contributed by atoms with van der Waals surface area (Å²) in [6, 6.07) is 2.17. The summed E-state index contributed by atoms with van der Waals surface area (Å²) in [7, 11) is 4.17. The van der Waals surface area contributed by atoms with E-state index in [1.165, 1.54) is 5.56 Å². The zero-order valence-electron chi connectivity index (χ0n) is 8.58. The molecule has 3 heteroatoms. The first-order valence-electron chi connectivity index (χ1n) is 4.47. The van der Waals surface area contributed by atoms with E-state index in [9.17, 15) is 0 Å². The van der Waals surface area contributed by atoms with E-state index in [1.807, 2.05) is 0 Å². The molecule has 0 aliphatic heterocycles. The zero-order chi connectivity index (χ0) is 9.90. The molecule has 0 radical (unpaired) electrons. The van der Waals surface area contributed by atoms with Gasteiger partial charge in [-0.3, -0.25) is 0 Å². The van der Waals surface area contributed by atoms with Gasteiger partial charge < -0.3 is 10.6 Å². The second-order valence-corrected chi connectivity index (χ2v) is 4.68. The van der Waals surface area contributed by atoms with Crippen LogP contribution in [0.25, 0.3) is 0 Å². The van der Waals surface area contributed by atoms with Crippen LogP contribution in [0.4, 0.5) is 0 Å². The number of hydrogen-bond donors (Lipinski definition) is 1. The summed E-state index contributed by atoms with van der Waals surface area (Å²) >= 11 is 1.74. The fourth-order valence-electron chi connectivity index (χ4n) is 1.25. The Hall–Kier alpha value is -0.380. The number of rotatable bonds is 4. The van der Waals surface area contributed by atoms with Crippen molar-refractivity contribution in [1.29, 1.82) is 0 Å². The van der Waals surface area contributed by atoms with Crippen LogP contribution in [0.3, 0.4) is 0 Å². The molecule has 0 saturated heterocycles. The predicted octanol–water partition coefficient (Wildman–Crippen LogP) is 1.57. The van der Waals surface area contributed by atoms with E-state index in [-0.39, 0.29) is 5.54 Å². The molecule has 74 valence electrons. The van der Waals surface area contributed by atoms with Crippen molar-refractivity contribution in [3.05, 3.63) is 22.4 Å². The lowest BCUT2D eigenvalue weighted by Gasteiger charge is -2.35. The van der Waals surface area contributed by atoms with Crippen LogP contribution in [0.15, 0.2) is 16.8 Å². The van der Waals surface area contributed by atoms with Gasteiger partial charge in [0.15, 0.2) is 0 Å². The Morgan fingerprint density at radius 2 is 2.23 bits per heavy atom. The normalized spacial score (nSPS) is 16.1. The van der Waals surface area contributed by atoms with Gasteiger partial charge in [-0.2, -0.15) is 11.3 Å². The van der Waals surface area contributed by atoms with E-state index in [4.69, 9.17) is 5.73 Å². The van der Waals surface area contributed by atoms with Crippen LogP contribution in [-0.4, -0.2) is 31.1 Å². The molecule has 1 aromatic heterocycles. The topological polar surface area (TPSA) is 29.3 Å². The molecule has 1 atom stereocenters. The lowest BCUT2D eigenvalue weighted by molar-refractivity contribution is 0.181. The molecule has 1 aromatic rings. The highest BCUT2D eigenvalue weighted by Crippen LogP contribution is 2.18. The Balaban J connectivity index is 2.69. The molecular formula is C10H18N2S. The molecule has 0 bridgehead atoms. The molecule has 1 rings (SSSR count). The van der Waals surface area contributed by atoms with Gasteiger partial charge in [0.1, 0.15) is 0 Å². The molecule has 0 spiro atoms. The van der Waals surface area contributed by atoms with Crippen LogP contribution in [0.2, 0.25) is 0 Å². The molecule has 0 fully saturated rings. The molecule has 0 aliphatic carbocycles. The van der Waals surface area contributed by atoms with Gasteiger partial charge >= 0.3 is 0 Å². The highest BCUT2D eigenvalue weighted by atomic mass is 32.1. The van der Waals surface area contributed by atoms with Crippen molar-refractivity contribution >= 4 is 11.3 Å². The molecule has 0 saturated carbocycles. The van der Waals surface area contributed by atoms with Crippen molar-refractivity contribution in [3.8, 4) is 0 Å². The van der Waals surface area contributed by atoms with E-state index < -0.39 is 0 Å². The summed E-state index contributed by atoms with van der Waals surface area (Å²) in [6.45, 7) is 2.89. The third-order valence-electron chi connectivity index (χ3n) is 2.68. The molecular weight excluding hydrogens is 180 g/mol. The number of nitrogens with two attached hydrogens (primary N) is 1. The van der Waals surface area contributed by atoms with E-state index >= 15 is 0 Å². The Bertz CT molecular complexity index is 243. The van der Waals surface area contributed by atoms with Crippen LogP contribution in [0.1, 0.15) is 12.5 Å². The largest absolute Gasteiger partial charge is 0.329 e. The number of thiophene rings is 1. The molecule has 13 heavy (non-hydrogen) atoms. The fourth-order valence-corrected chi connectivity index (χ4v) is 1.91. The zero-order valence-corrected chi connectivity index (χ0v) is 9.40. The van der Waals surface area contributed by atoms with Crippen molar-refractivity contribution < 1.29 is 0 Å². The summed E-state index contributed by atoms with van der Waals surface area (Å²) in [5.41, 5.74) is 7.25. The molecule has 1 unspecified atom stereocenters. The van der Waals surface area contributed by atoms with Crippen LogP contribution >= 0.6 is 11.3 Å². The minimum Gasteiger partial charge on any atom is -0.329 e. The van der Waals surface area contributed by atoms with Gasteiger partial charge in [-0.15, -0.1) is 0 Å². The maximum Gasteiger partial charge on any atom is 0.0338 e. The minimum atomic E-state index is 0.0844. The van der Waals surface area contributed by atoms with Crippen LogP contribution in [0.5, 0.6) is 0 Å². The first-order chi connectivity index (χ1) is 6.08. The van der Waals surface area contributed by atoms with E-state index in [1.54, 1.807) is 11.3 Å². The van der Waals surface area contributed by atoms with Crippen LogP contribution in [0, 0.1) is 0 Å². The van der Waals surface area contributed by atoms with Crippen molar-refractivity contribution in [2.75, 3.05) is 20.6 Å². The van der Waals surface area contributed by atoms with Crippen LogP contribution < -0.4 is 5.73 Å².